The van der Waals surface area contributed by atoms with E-state index in [9.17, 15) is 4.79 Å². The van der Waals surface area contributed by atoms with Crippen molar-refractivity contribution in [1.82, 2.24) is 4.98 Å². The number of aldehydes is 1. The Morgan fingerprint density at radius 3 is 2.74 bits per heavy atom. The van der Waals surface area contributed by atoms with Crippen molar-refractivity contribution in [3.05, 3.63) is 65.4 Å². The number of hydrogen-bond donors (Lipinski definition) is 0. The van der Waals surface area contributed by atoms with Crippen LogP contribution in [0, 0.1) is 0 Å². The van der Waals surface area contributed by atoms with Crippen molar-refractivity contribution in [2.24, 2.45) is 0 Å². The predicted octanol–water partition coefficient (Wildman–Crippen LogP) is 4.37. The van der Waals surface area contributed by atoms with Crippen LogP contribution in [0.3, 0.4) is 0 Å². The zero-order valence-corrected chi connectivity index (χ0v) is 10.8. The first-order valence-corrected chi connectivity index (χ1v) is 6.25. The number of aromatic nitrogens is 1. The molecule has 0 saturated carbocycles. The molecule has 3 rings (SSSR count). The van der Waals surface area contributed by atoms with Gasteiger partial charge < -0.3 is 0 Å². The Morgan fingerprint density at radius 1 is 1.05 bits per heavy atom. The minimum atomic E-state index is 0.465. The summed E-state index contributed by atoms with van der Waals surface area (Å²) in [5, 5.41) is 2.64. The molecule has 92 valence electrons. The molecule has 2 nitrogen and oxygen atoms in total. The first-order valence-electron chi connectivity index (χ1n) is 5.87. The van der Waals surface area contributed by atoms with Crippen LogP contribution in [0.15, 0.2) is 54.9 Å². The Morgan fingerprint density at radius 2 is 1.89 bits per heavy atom. The van der Waals surface area contributed by atoms with Crippen LogP contribution in [0.2, 0.25) is 5.02 Å². The van der Waals surface area contributed by atoms with Crippen molar-refractivity contribution in [2.45, 2.75) is 0 Å². The normalized spacial score (nSPS) is 10.6. The van der Waals surface area contributed by atoms with Gasteiger partial charge in [0.25, 0.3) is 0 Å². The van der Waals surface area contributed by atoms with E-state index in [-0.39, 0.29) is 0 Å². The molecule has 0 saturated heterocycles. The van der Waals surface area contributed by atoms with Crippen molar-refractivity contribution in [2.75, 3.05) is 0 Å². The molecule has 0 N–H and O–H groups in total. The Labute approximate surface area is 115 Å². The van der Waals surface area contributed by atoms with E-state index < -0.39 is 0 Å². The Kier molecular flexibility index (Phi) is 3.02. The van der Waals surface area contributed by atoms with Crippen LogP contribution in [-0.4, -0.2) is 11.3 Å². The topological polar surface area (TPSA) is 30.0 Å². The summed E-state index contributed by atoms with van der Waals surface area (Å²) in [4.78, 5) is 15.2. The van der Waals surface area contributed by atoms with E-state index in [1.54, 1.807) is 18.3 Å². The molecule has 1 aromatic heterocycles. The molecule has 0 unspecified atom stereocenters. The fourth-order valence-corrected chi connectivity index (χ4v) is 2.31. The first kappa shape index (κ1) is 11.9. The molecule has 0 aliphatic heterocycles. The maximum Gasteiger partial charge on any atom is 0.151 e. The molecule has 0 aliphatic rings. The molecular weight excluding hydrogens is 258 g/mol. The van der Waals surface area contributed by atoms with Gasteiger partial charge in [0, 0.05) is 28.9 Å². The molecular formula is C16H10ClNO. The highest BCUT2D eigenvalue weighted by molar-refractivity contribution is 6.33. The second kappa shape index (κ2) is 4.82. The summed E-state index contributed by atoms with van der Waals surface area (Å²) in [5.41, 5.74) is 2.43. The predicted molar refractivity (Wildman–Crippen MR) is 77.6 cm³/mol. The number of carbonyl (C=O) groups excluding carboxylic acids is 1. The van der Waals surface area contributed by atoms with Crippen LogP contribution in [0.25, 0.3) is 21.9 Å². The Hall–Kier alpha value is -2.19. The van der Waals surface area contributed by atoms with Gasteiger partial charge in [-0.3, -0.25) is 9.78 Å². The molecule has 0 fully saturated rings. The molecule has 0 radical (unpaired) electrons. The molecule has 3 heteroatoms. The van der Waals surface area contributed by atoms with E-state index in [2.05, 4.69) is 4.98 Å². The molecule has 0 atom stereocenters. The lowest BCUT2D eigenvalue weighted by atomic mass is 10.00. The van der Waals surface area contributed by atoms with Crippen molar-refractivity contribution >= 4 is 28.7 Å². The van der Waals surface area contributed by atoms with Gasteiger partial charge in [0.15, 0.2) is 6.29 Å². The van der Waals surface area contributed by atoms with Gasteiger partial charge in [-0.15, -0.1) is 0 Å². The highest BCUT2D eigenvalue weighted by Crippen LogP contribution is 2.29. The summed E-state index contributed by atoms with van der Waals surface area (Å²) in [6.07, 6.45) is 4.40. The maximum absolute atomic E-state index is 11.0. The smallest absolute Gasteiger partial charge is 0.151 e. The quantitative estimate of drug-likeness (QED) is 0.646. The number of halogens is 1. The Bertz CT molecular complexity index is 762. The molecule has 19 heavy (non-hydrogen) atoms. The molecule has 0 bridgehead atoms. The van der Waals surface area contributed by atoms with Gasteiger partial charge in [-0.05, 0) is 23.1 Å². The van der Waals surface area contributed by atoms with Gasteiger partial charge in [0.2, 0.25) is 0 Å². The third kappa shape index (κ3) is 2.11. The van der Waals surface area contributed by atoms with E-state index in [0.717, 1.165) is 28.2 Å². The fourth-order valence-electron chi connectivity index (χ4n) is 2.15. The van der Waals surface area contributed by atoms with E-state index in [1.165, 1.54) is 0 Å². The monoisotopic (exact) mass is 267 g/mol. The summed E-state index contributed by atoms with van der Waals surface area (Å²) >= 11 is 5.96. The lowest BCUT2D eigenvalue weighted by Gasteiger charge is -2.07. The summed E-state index contributed by atoms with van der Waals surface area (Å²) in [5.74, 6) is 0. The first-order chi connectivity index (χ1) is 9.29. The molecule has 0 amide bonds. The van der Waals surface area contributed by atoms with Gasteiger partial charge >= 0.3 is 0 Å². The molecule has 0 spiro atoms. The number of hydrogen-bond acceptors (Lipinski definition) is 2. The van der Waals surface area contributed by atoms with Crippen LogP contribution in [0.1, 0.15) is 10.4 Å². The largest absolute Gasteiger partial charge is 0.298 e. The fraction of sp³-hybridized carbons (Fsp3) is 0. The number of carbonyl (C=O) groups is 1. The molecule has 1 heterocycles. The number of benzene rings is 2. The number of fused-ring (bicyclic) bond motifs is 1. The van der Waals surface area contributed by atoms with Crippen molar-refractivity contribution in [1.29, 1.82) is 0 Å². The van der Waals surface area contributed by atoms with Crippen LogP contribution in [-0.2, 0) is 0 Å². The van der Waals surface area contributed by atoms with Gasteiger partial charge in [-0.2, -0.15) is 0 Å². The molecule has 3 aromatic rings. The lowest BCUT2D eigenvalue weighted by molar-refractivity contribution is 0.112. The summed E-state index contributed by atoms with van der Waals surface area (Å²) in [7, 11) is 0. The minimum absolute atomic E-state index is 0.465. The van der Waals surface area contributed by atoms with Crippen molar-refractivity contribution < 1.29 is 4.79 Å². The number of pyridine rings is 1. The third-order valence-electron chi connectivity index (χ3n) is 3.10. The van der Waals surface area contributed by atoms with Crippen LogP contribution in [0.5, 0.6) is 0 Å². The van der Waals surface area contributed by atoms with Crippen molar-refractivity contribution in [3.63, 3.8) is 0 Å². The molecule has 2 aromatic carbocycles. The summed E-state index contributed by atoms with van der Waals surface area (Å²) < 4.78 is 0. The van der Waals surface area contributed by atoms with E-state index >= 15 is 0 Å². The van der Waals surface area contributed by atoms with Crippen LogP contribution >= 0.6 is 11.6 Å². The van der Waals surface area contributed by atoms with Crippen molar-refractivity contribution in [3.8, 4) is 11.1 Å². The van der Waals surface area contributed by atoms with Gasteiger partial charge in [0.05, 0.1) is 5.02 Å². The second-order valence-electron chi connectivity index (χ2n) is 4.26. The zero-order valence-electron chi connectivity index (χ0n) is 10.0. The second-order valence-corrected chi connectivity index (χ2v) is 4.67. The molecule has 0 aliphatic carbocycles. The van der Waals surface area contributed by atoms with E-state index in [0.29, 0.717) is 10.6 Å². The lowest BCUT2D eigenvalue weighted by Crippen LogP contribution is -1.87. The summed E-state index contributed by atoms with van der Waals surface area (Å²) in [6.45, 7) is 0. The van der Waals surface area contributed by atoms with E-state index in [1.807, 2.05) is 36.5 Å². The zero-order chi connectivity index (χ0) is 13.2. The van der Waals surface area contributed by atoms with E-state index in [4.69, 9.17) is 11.6 Å². The average Bonchev–Trinajstić information content (AvgIpc) is 2.47. The van der Waals surface area contributed by atoms with Gasteiger partial charge in [-0.25, -0.2) is 0 Å². The van der Waals surface area contributed by atoms with Gasteiger partial charge in [0.1, 0.15) is 0 Å². The van der Waals surface area contributed by atoms with Gasteiger partial charge in [-0.1, -0.05) is 41.9 Å². The number of rotatable bonds is 2. The Balaban J connectivity index is 2.27. The highest BCUT2D eigenvalue weighted by atomic mass is 35.5. The highest BCUT2D eigenvalue weighted by Gasteiger charge is 2.06. The minimum Gasteiger partial charge on any atom is -0.298 e. The third-order valence-corrected chi connectivity index (χ3v) is 3.45. The number of nitrogens with zero attached hydrogens (tertiary/aromatic N) is 1. The standard InChI is InChI=1S/C16H10ClNO/c17-16-6-5-11(7-13(16)10-19)15-9-18-8-12-3-1-2-4-14(12)15/h1-10H. The van der Waals surface area contributed by atoms with Crippen LogP contribution < -0.4 is 0 Å². The van der Waals surface area contributed by atoms with Crippen LogP contribution in [0.4, 0.5) is 0 Å². The maximum atomic E-state index is 11.0. The SMILES string of the molecule is O=Cc1cc(-c2cncc3ccccc23)ccc1Cl. The average molecular weight is 268 g/mol. The summed E-state index contributed by atoms with van der Waals surface area (Å²) in [6, 6.07) is 13.5.